The van der Waals surface area contributed by atoms with Crippen LogP contribution in [0.25, 0.3) is 10.9 Å². The minimum absolute atomic E-state index is 0.124. The molecule has 0 saturated heterocycles. The Morgan fingerprint density at radius 1 is 1.14 bits per heavy atom. The third kappa shape index (κ3) is 5.71. The van der Waals surface area contributed by atoms with Gasteiger partial charge in [-0.15, -0.1) is 0 Å². The molecule has 10 heteroatoms. The fourth-order valence-corrected chi connectivity index (χ4v) is 4.56. The van der Waals surface area contributed by atoms with Crippen LogP contribution < -0.4 is 10.3 Å². The van der Waals surface area contributed by atoms with Gasteiger partial charge in [0.05, 0.1) is 26.5 Å². The highest BCUT2D eigenvalue weighted by atomic mass is 79.9. The van der Waals surface area contributed by atoms with Crippen LogP contribution >= 0.6 is 31.9 Å². The molecular weight excluding hydrogens is 592 g/mol. The fourth-order valence-electron chi connectivity index (χ4n) is 3.62. The maximum absolute atomic E-state index is 13.2. The predicted octanol–water partition coefficient (Wildman–Crippen LogP) is 6.55. The minimum atomic E-state index is -0.504. The summed E-state index contributed by atoms with van der Waals surface area (Å²) in [7, 11) is 0. The number of fused-ring (bicyclic) bond motifs is 1. The first-order chi connectivity index (χ1) is 17.3. The normalized spacial score (nSPS) is 11.3. The maximum atomic E-state index is 13.2. The number of benzene rings is 3. The molecule has 0 atom stereocenters. The first kappa shape index (κ1) is 25.7. The largest absolute Gasteiger partial charge is 0.481 e. The number of nitrogens with zero attached hydrogens (tertiary/aromatic N) is 4. The van der Waals surface area contributed by atoms with E-state index in [0.717, 1.165) is 22.0 Å². The molecule has 0 unspecified atom stereocenters. The fraction of sp³-hybridized carbons (Fsp3) is 0.192. The van der Waals surface area contributed by atoms with Crippen molar-refractivity contribution in [1.82, 2.24) is 9.66 Å². The van der Waals surface area contributed by atoms with Gasteiger partial charge in [-0.3, -0.25) is 14.9 Å². The zero-order valence-corrected chi connectivity index (χ0v) is 22.7. The van der Waals surface area contributed by atoms with Gasteiger partial charge in [0.1, 0.15) is 12.4 Å². The van der Waals surface area contributed by atoms with Gasteiger partial charge in [-0.25, -0.2) is 4.98 Å². The van der Waals surface area contributed by atoms with Gasteiger partial charge >= 0.3 is 5.69 Å². The van der Waals surface area contributed by atoms with E-state index in [2.05, 4.69) is 41.9 Å². The summed E-state index contributed by atoms with van der Waals surface area (Å²) in [5.74, 6) is 0.638. The Morgan fingerprint density at radius 3 is 2.58 bits per heavy atom. The Bertz CT molecular complexity index is 1530. The molecule has 36 heavy (non-hydrogen) atoms. The average molecular weight is 614 g/mol. The van der Waals surface area contributed by atoms with Gasteiger partial charge in [0, 0.05) is 22.5 Å². The van der Waals surface area contributed by atoms with E-state index in [1.807, 2.05) is 44.2 Å². The second-order valence-corrected chi connectivity index (χ2v) is 9.95. The minimum Gasteiger partial charge on any atom is -0.481 e. The summed E-state index contributed by atoms with van der Waals surface area (Å²) in [6.07, 6.45) is 2.73. The highest BCUT2D eigenvalue weighted by Gasteiger charge is 2.20. The molecule has 0 fully saturated rings. The Morgan fingerprint density at radius 2 is 1.89 bits per heavy atom. The molecule has 1 aromatic heterocycles. The van der Waals surface area contributed by atoms with Gasteiger partial charge in [-0.2, -0.15) is 9.78 Å². The number of nitro groups is 1. The zero-order chi connectivity index (χ0) is 25.8. The van der Waals surface area contributed by atoms with E-state index >= 15 is 0 Å². The monoisotopic (exact) mass is 612 g/mol. The van der Waals surface area contributed by atoms with Crippen molar-refractivity contribution in [3.63, 3.8) is 0 Å². The molecule has 0 bridgehead atoms. The number of ether oxygens (including phenoxy) is 1. The highest BCUT2D eigenvalue weighted by molar-refractivity contribution is 9.10. The summed E-state index contributed by atoms with van der Waals surface area (Å²) in [6.45, 7) is 4.15. The molecular formula is C26H22Br2N4O4. The van der Waals surface area contributed by atoms with Crippen LogP contribution in [0.5, 0.6) is 5.75 Å². The molecule has 4 aromatic rings. The highest BCUT2D eigenvalue weighted by Crippen LogP contribution is 2.36. The van der Waals surface area contributed by atoms with Crippen LogP contribution in [0.3, 0.4) is 0 Å². The predicted molar refractivity (Wildman–Crippen MR) is 147 cm³/mol. The summed E-state index contributed by atoms with van der Waals surface area (Å²) in [5.41, 5.74) is 2.51. The topological polar surface area (TPSA) is 99.6 Å². The van der Waals surface area contributed by atoms with Crippen molar-refractivity contribution in [3.05, 3.63) is 107 Å². The third-order valence-corrected chi connectivity index (χ3v) is 6.50. The summed E-state index contributed by atoms with van der Waals surface area (Å²) in [5, 5.41) is 16.6. The number of hydrogen-bond acceptors (Lipinski definition) is 6. The SMILES string of the molecule is CCCc1nc2ccc(Br)cc2c(=O)n1N=Cc1cc(Br)c(OCc2ccc(C)cc2)c([N+](=O)[O-])c1. The van der Waals surface area contributed by atoms with E-state index in [9.17, 15) is 14.9 Å². The molecule has 184 valence electrons. The van der Waals surface area contributed by atoms with E-state index in [4.69, 9.17) is 4.74 Å². The standard InChI is InChI=1S/C26H22Br2N4O4/c1-3-4-24-30-22-10-9-19(27)13-20(22)26(33)31(24)29-14-18-11-21(28)25(23(12-18)32(34)35)36-15-17-7-5-16(2)6-8-17/h5-14H,3-4,15H2,1-2H3. The van der Waals surface area contributed by atoms with Gasteiger partial charge in [0.15, 0.2) is 0 Å². The van der Waals surface area contributed by atoms with Crippen LogP contribution in [0.2, 0.25) is 0 Å². The van der Waals surface area contributed by atoms with Crippen molar-refractivity contribution < 1.29 is 9.66 Å². The lowest BCUT2D eigenvalue weighted by Gasteiger charge is -2.11. The summed E-state index contributed by atoms with van der Waals surface area (Å²) in [6, 6.07) is 16.1. The molecule has 0 aliphatic heterocycles. The molecule has 0 saturated carbocycles. The smallest absolute Gasteiger partial charge is 0.312 e. The van der Waals surface area contributed by atoms with Crippen molar-refractivity contribution in [2.75, 3.05) is 0 Å². The van der Waals surface area contributed by atoms with E-state index in [-0.39, 0.29) is 23.6 Å². The van der Waals surface area contributed by atoms with Gasteiger partial charge in [0.2, 0.25) is 5.75 Å². The number of aromatic nitrogens is 2. The Labute approximate surface area is 224 Å². The number of hydrogen-bond donors (Lipinski definition) is 0. The molecule has 0 aliphatic rings. The van der Waals surface area contributed by atoms with Crippen molar-refractivity contribution in [2.24, 2.45) is 5.10 Å². The molecule has 0 amide bonds. The van der Waals surface area contributed by atoms with E-state index < -0.39 is 4.92 Å². The quantitative estimate of drug-likeness (QED) is 0.127. The molecule has 3 aromatic carbocycles. The number of halogens is 2. The summed E-state index contributed by atoms with van der Waals surface area (Å²) in [4.78, 5) is 29.1. The zero-order valence-electron chi connectivity index (χ0n) is 19.6. The molecule has 0 aliphatic carbocycles. The molecule has 1 heterocycles. The molecule has 0 N–H and O–H groups in total. The van der Waals surface area contributed by atoms with Crippen molar-refractivity contribution in [1.29, 1.82) is 0 Å². The maximum Gasteiger partial charge on any atom is 0.312 e. The van der Waals surface area contributed by atoms with Crippen molar-refractivity contribution in [2.45, 2.75) is 33.3 Å². The van der Waals surface area contributed by atoms with Gasteiger partial charge in [-0.05, 0) is 59.1 Å². The molecule has 0 radical (unpaired) electrons. The second kappa shape index (κ2) is 11.1. The van der Waals surface area contributed by atoms with E-state index in [0.29, 0.717) is 33.2 Å². The van der Waals surface area contributed by atoms with E-state index in [1.54, 1.807) is 18.2 Å². The number of aryl methyl sites for hydroxylation is 2. The first-order valence-electron chi connectivity index (χ1n) is 11.2. The summed E-state index contributed by atoms with van der Waals surface area (Å²) < 4.78 is 8.22. The van der Waals surface area contributed by atoms with E-state index in [1.165, 1.54) is 17.0 Å². The lowest BCUT2D eigenvalue weighted by molar-refractivity contribution is -0.386. The van der Waals surface area contributed by atoms with Crippen molar-refractivity contribution in [3.8, 4) is 5.75 Å². The Hall–Kier alpha value is -3.37. The second-order valence-electron chi connectivity index (χ2n) is 8.18. The van der Waals surface area contributed by atoms with Crippen LogP contribution in [0.15, 0.2) is 73.4 Å². The lowest BCUT2D eigenvalue weighted by Crippen LogP contribution is -2.22. The van der Waals surface area contributed by atoms with Crippen LogP contribution in [-0.4, -0.2) is 20.8 Å². The third-order valence-electron chi connectivity index (χ3n) is 5.42. The summed E-state index contributed by atoms with van der Waals surface area (Å²) >= 11 is 6.78. The van der Waals surface area contributed by atoms with Gasteiger partial charge in [0.25, 0.3) is 5.56 Å². The van der Waals surface area contributed by atoms with Crippen LogP contribution in [0, 0.1) is 17.0 Å². The van der Waals surface area contributed by atoms with Crippen LogP contribution in [0.1, 0.15) is 35.9 Å². The number of nitro benzene ring substituents is 1. The van der Waals surface area contributed by atoms with Crippen LogP contribution in [-0.2, 0) is 13.0 Å². The van der Waals surface area contributed by atoms with Gasteiger partial charge < -0.3 is 4.74 Å². The number of rotatable bonds is 8. The molecule has 8 nitrogen and oxygen atoms in total. The molecule has 0 spiro atoms. The average Bonchev–Trinajstić information content (AvgIpc) is 2.84. The van der Waals surface area contributed by atoms with Gasteiger partial charge in [-0.1, -0.05) is 52.7 Å². The Balaban J connectivity index is 1.70. The lowest BCUT2D eigenvalue weighted by atomic mass is 10.1. The molecule has 4 rings (SSSR count). The Kier molecular flexibility index (Phi) is 7.95. The van der Waals surface area contributed by atoms with Crippen LogP contribution in [0.4, 0.5) is 5.69 Å². The first-order valence-corrected chi connectivity index (χ1v) is 12.8. The van der Waals surface area contributed by atoms with Crippen molar-refractivity contribution >= 4 is 54.7 Å².